The van der Waals surface area contributed by atoms with E-state index in [1.54, 1.807) is 21.6 Å². The van der Waals surface area contributed by atoms with E-state index in [2.05, 4.69) is 11.2 Å². The summed E-state index contributed by atoms with van der Waals surface area (Å²) in [5.41, 5.74) is 3.11. The zero-order chi connectivity index (χ0) is 24.5. The Balaban J connectivity index is 1.89. The Morgan fingerprint density at radius 3 is 2.37 bits per heavy atom. The van der Waals surface area contributed by atoms with Crippen LogP contribution in [-0.2, 0) is 6.54 Å². The van der Waals surface area contributed by atoms with E-state index in [1.165, 1.54) is 4.68 Å². The maximum absolute atomic E-state index is 14.0. The van der Waals surface area contributed by atoms with Crippen molar-refractivity contribution in [2.45, 2.75) is 20.4 Å². The summed E-state index contributed by atoms with van der Waals surface area (Å²) in [4.78, 5) is 29.5. The smallest absolute Gasteiger partial charge is 0.296 e. The molecule has 0 saturated carbocycles. The molecule has 35 heavy (non-hydrogen) atoms. The fourth-order valence-corrected chi connectivity index (χ4v) is 4.49. The molecule has 3 aromatic carbocycles. The minimum absolute atomic E-state index is 0.0268. The Labute approximate surface area is 202 Å². The van der Waals surface area contributed by atoms with Crippen molar-refractivity contribution in [2.24, 2.45) is 0 Å². The van der Waals surface area contributed by atoms with Crippen molar-refractivity contribution in [1.82, 2.24) is 14.3 Å². The van der Waals surface area contributed by atoms with Gasteiger partial charge in [-0.2, -0.15) is 15.0 Å². The van der Waals surface area contributed by atoms with Crippen LogP contribution >= 0.6 is 0 Å². The van der Waals surface area contributed by atoms with Gasteiger partial charge in [0.15, 0.2) is 5.69 Å². The highest BCUT2D eigenvalue weighted by Crippen LogP contribution is 2.30. The number of hydrogen-bond acceptors (Lipinski definition) is 4. The second-order valence-electron chi connectivity index (χ2n) is 8.27. The van der Waals surface area contributed by atoms with E-state index < -0.39 is 0 Å². The van der Waals surface area contributed by atoms with Gasteiger partial charge in [-0.05, 0) is 44.2 Å². The van der Waals surface area contributed by atoms with Gasteiger partial charge in [0.05, 0.1) is 17.3 Å². The first-order valence-corrected chi connectivity index (χ1v) is 11.4. The molecule has 0 aliphatic heterocycles. The van der Waals surface area contributed by atoms with Gasteiger partial charge < -0.3 is 9.47 Å². The third-order valence-corrected chi connectivity index (χ3v) is 6.14. The van der Waals surface area contributed by atoms with E-state index in [9.17, 15) is 14.9 Å². The normalized spacial score (nSPS) is 11.0. The first-order chi connectivity index (χ1) is 17.0. The lowest BCUT2D eigenvalue weighted by molar-refractivity contribution is 0.0983. The Kier molecular flexibility index (Phi) is 5.63. The van der Waals surface area contributed by atoms with Gasteiger partial charge in [-0.1, -0.05) is 54.1 Å². The second-order valence-corrected chi connectivity index (χ2v) is 8.27. The van der Waals surface area contributed by atoms with Crippen molar-refractivity contribution < 1.29 is 4.79 Å². The molecule has 0 radical (unpaired) electrons. The van der Waals surface area contributed by atoms with Crippen LogP contribution in [0.15, 0.2) is 83.7 Å². The number of aryl methyl sites for hydroxylation is 1. The first kappa shape index (κ1) is 22.1. The topological polar surface area (TPSA) is 83.9 Å². The van der Waals surface area contributed by atoms with E-state index in [4.69, 9.17) is 0 Å². The molecule has 7 heteroatoms. The molecule has 5 rings (SSSR count). The molecule has 7 nitrogen and oxygen atoms in total. The predicted molar refractivity (Wildman–Crippen MR) is 137 cm³/mol. The van der Waals surface area contributed by atoms with E-state index in [0.29, 0.717) is 28.5 Å². The number of aromatic nitrogens is 3. The molecule has 0 fully saturated rings. The van der Waals surface area contributed by atoms with Crippen LogP contribution in [-0.4, -0.2) is 26.8 Å². The molecule has 0 atom stereocenters. The van der Waals surface area contributed by atoms with Gasteiger partial charge >= 0.3 is 0 Å². The van der Waals surface area contributed by atoms with Crippen LogP contribution in [0.25, 0.3) is 27.5 Å². The minimum Gasteiger partial charge on any atom is -0.322 e. The summed E-state index contributed by atoms with van der Waals surface area (Å²) in [5.74, 6) is -0.315. The average Bonchev–Trinajstić information content (AvgIpc) is 3.21. The van der Waals surface area contributed by atoms with Gasteiger partial charge in [-0.15, -0.1) is 0 Å². The molecule has 0 aliphatic rings. The number of nitriles is 1. The molecule has 172 valence electrons. The molecule has 0 unspecified atom stereocenters. The first-order valence-electron chi connectivity index (χ1n) is 11.4. The van der Waals surface area contributed by atoms with Crippen LogP contribution < -0.4 is 10.5 Å². The highest BCUT2D eigenvalue weighted by Gasteiger charge is 2.27. The number of carbonyl (C=O) groups is 1. The Morgan fingerprint density at radius 1 is 1.00 bits per heavy atom. The lowest BCUT2D eigenvalue weighted by Crippen LogP contribution is -2.34. The lowest BCUT2D eigenvalue weighted by atomic mass is 10.1. The number of amides is 1. The number of rotatable bonds is 5. The summed E-state index contributed by atoms with van der Waals surface area (Å²) in [5, 5.41) is 15.4. The van der Waals surface area contributed by atoms with Crippen LogP contribution in [0, 0.1) is 18.3 Å². The average molecular weight is 462 g/mol. The number of fused-ring (bicyclic) bond motifs is 3. The molecule has 0 bridgehead atoms. The van der Waals surface area contributed by atoms with E-state index in [1.807, 2.05) is 80.6 Å². The molecular weight excluding hydrogens is 438 g/mol. The molecular formula is C28H23N5O2. The number of hydrogen-bond donors (Lipinski definition) is 0. The molecule has 0 spiro atoms. The van der Waals surface area contributed by atoms with Crippen molar-refractivity contribution in [2.75, 3.05) is 11.4 Å². The molecule has 2 aromatic heterocycles. The van der Waals surface area contributed by atoms with Gasteiger partial charge in [-0.3, -0.25) is 9.59 Å². The van der Waals surface area contributed by atoms with E-state index in [0.717, 1.165) is 11.3 Å². The fourth-order valence-electron chi connectivity index (χ4n) is 4.49. The molecule has 0 saturated heterocycles. The number of carbonyl (C=O) groups excluding carboxylic acids is 1. The SMILES string of the molecule is CCN(C(=O)c1nn(-c2ccc(C)cc2)c(=O)c2c1c1ccccc1n2CC#N)c1ccccc1. The molecule has 2 heterocycles. The van der Waals surface area contributed by atoms with Crippen molar-refractivity contribution >= 4 is 33.4 Å². The van der Waals surface area contributed by atoms with Gasteiger partial charge in [-0.25, -0.2) is 0 Å². The molecule has 5 aromatic rings. The summed E-state index contributed by atoms with van der Waals surface area (Å²) in [6, 6.07) is 26.3. The van der Waals surface area contributed by atoms with Crippen molar-refractivity contribution in [3.05, 3.63) is 100 Å². The summed E-state index contributed by atoms with van der Waals surface area (Å²) in [6.07, 6.45) is 0. The van der Waals surface area contributed by atoms with Gasteiger partial charge in [0.25, 0.3) is 11.5 Å². The maximum Gasteiger partial charge on any atom is 0.296 e. The molecule has 0 N–H and O–H groups in total. The Bertz CT molecular complexity index is 1660. The molecule has 1 amide bonds. The third kappa shape index (κ3) is 3.65. The zero-order valence-corrected chi connectivity index (χ0v) is 19.5. The van der Waals surface area contributed by atoms with Gasteiger partial charge in [0.1, 0.15) is 12.1 Å². The van der Waals surface area contributed by atoms with Crippen LogP contribution in [0.2, 0.25) is 0 Å². The second kappa shape index (κ2) is 8.92. The van der Waals surface area contributed by atoms with Crippen LogP contribution in [0.4, 0.5) is 5.69 Å². The predicted octanol–water partition coefficient (Wildman–Crippen LogP) is 4.84. The number of anilines is 1. The highest BCUT2D eigenvalue weighted by molar-refractivity contribution is 6.20. The number of nitrogens with zero attached hydrogens (tertiary/aromatic N) is 5. The summed E-state index contributed by atoms with van der Waals surface area (Å²) < 4.78 is 2.94. The van der Waals surface area contributed by atoms with Crippen molar-refractivity contribution in [3.63, 3.8) is 0 Å². The largest absolute Gasteiger partial charge is 0.322 e. The van der Waals surface area contributed by atoms with Crippen LogP contribution in [0.3, 0.4) is 0 Å². The fraction of sp³-hybridized carbons (Fsp3) is 0.143. The van der Waals surface area contributed by atoms with Crippen LogP contribution in [0.1, 0.15) is 23.0 Å². The highest BCUT2D eigenvalue weighted by atomic mass is 16.2. The van der Waals surface area contributed by atoms with Crippen LogP contribution in [0.5, 0.6) is 0 Å². The van der Waals surface area contributed by atoms with Gasteiger partial charge in [0.2, 0.25) is 0 Å². The lowest BCUT2D eigenvalue weighted by Gasteiger charge is -2.21. The summed E-state index contributed by atoms with van der Waals surface area (Å²) >= 11 is 0. The Hall–Kier alpha value is -4.70. The maximum atomic E-state index is 14.0. The standard InChI is InChI=1S/C28H23N5O2/c1-3-31(20-9-5-4-6-10-20)27(34)25-24-22-11-7-8-12-23(22)32(18-17-29)26(24)28(35)33(30-25)21-15-13-19(2)14-16-21/h4-16H,3,18H2,1-2H3. The summed E-state index contributed by atoms with van der Waals surface area (Å²) in [7, 11) is 0. The van der Waals surface area contributed by atoms with E-state index >= 15 is 0 Å². The number of para-hydroxylation sites is 2. The Morgan fingerprint density at radius 2 is 1.69 bits per heavy atom. The minimum atomic E-state index is -0.380. The number of benzene rings is 3. The van der Waals surface area contributed by atoms with Crippen molar-refractivity contribution in [1.29, 1.82) is 5.26 Å². The quantitative estimate of drug-likeness (QED) is 0.375. The summed E-state index contributed by atoms with van der Waals surface area (Å²) in [6.45, 7) is 4.26. The molecule has 0 aliphatic carbocycles. The monoisotopic (exact) mass is 461 g/mol. The van der Waals surface area contributed by atoms with Gasteiger partial charge in [0, 0.05) is 23.0 Å². The van der Waals surface area contributed by atoms with E-state index in [-0.39, 0.29) is 29.2 Å². The third-order valence-electron chi connectivity index (χ3n) is 6.14. The van der Waals surface area contributed by atoms with Crippen molar-refractivity contribution in [3.8, 4) is 11.8 Å². The zero-order valence-electron chi connectivity index (χ0n) is 19.5.